The van der Waals surface area contributed by atoms with Crippen LogP contribution in [0.25, 0.3) is 11.2 Å². The zero-order valence-electron chi connectivity index (χ0n) is 11.1. The molecule has 2 aromatic heterocycles. The Bertz CT molecular complexity index is 740. The van der Waals surface area contributed by atoms with Gasteiger partial charge in [-0.05, 0) is 12.8 Å². The van der Waals surface area contributed by atoms with Crippen LogP contribution in [-0.2, 0) is 0 Å². The van der Waals surface area contributed by atoms with E-state index < -0.39 is 11.5 Å². The summed E-state index contributed by atoms with van der Waals surface area (Å²) in [7, 11) is 0. The second-order valence-corrected chi connectivity index (χ2v) is 5.62. The molecule has 3 atom stereocenters. The van der Waals surface area contributed by atoms with Crippen molar-refractivity contribution in [2.75, 3.05) is 12.3 Å². The van der Waals surface area contributed by atoms with E-state index in [-0.39, 0.29) is 23.8 Å². The predicted octanol–water partition coefficient (Wildman–Crippen LogP) is 0.370. The summed E-state index contributed by atoms with van der Waals surface area (Å²) in [4.78, 5) is 12.2. The van der Waals surface area contributed by atoms with Gasteiger partial charge in [0.05, 0.1) is 24.5 Å². The summed E-state index contributed by atoms with van der Waals surface area (Å²) in [5, 5.41) is 19.9. The SMILES string of the molecule is C#C[C@]1(CO)C[C@@H](n2cnc3c(Cl)nc(N)nc32)C[C@@H]1O. The van der Waals surface area contributed by atoms with Gasteiger partial charge >= 0.3 is 0 Å². The monoisotopic (exact) mass is 307 g/mol. The van der Waals surface area contributed by atoms with Crippen LogP contribution in [0.5, 0.6) is 0 Å². The number of fused-ring (bicyclic) bond motifs is 1. The van der Waals surface area contributed by atoms with Crippen LogP contribution < -0.4 is 5.73 Å². The molecule has 4 N–H and O–H groups in total. The Kier molecular flexibility index (Phi) is 3.24. The van der Waals surface area contributed by atoms with E-state index >= 15 is 0 Å². The highest BCUT2D eigenvalue weighted by Gasteiger charge is 2.46. The van der Waals surface area contributed by atoms with Gasteiger partial charge in [-0.15, -0.1) is 6.42 Å². The Morgan fingerprint density at radius 3 is 2.95 bits per heavy atom. The molecule has 7 nitrogen and oxygen atoms in total. The van der Waals surface area contributed by atoms with Crippen molar-refractivity contribution in [3.8, 4) is 12.3 Å². The molecule has 1 aliphatic rings. The Balaban J connectivity index is 2.05. The molecule has 0 radical (unpaired) electrons. The van der Waals surface area contributed by atoms with Gasteiger partial charge in [-0.3, -0.25) is 0 Å². The zero-order valence-corrected chi connectivity index (χ0v) is 11.8. The molecule has 3 rings (SSSR count). The zero-order chi connectivity index (χ0) is 15.2. The van der Waals surface area contributed by atoms with Crippen LogP contribution in [0.3, 0.4) is 0 Å². The summed E-state index contributed by atoms with van der Waals surface area (Å²) < 4.78 is 1.78. The smallest absolute Gasteiger partial charge is 0.223 e. The van der Waals surface area contributed by atoms with Crippen molar-refractivity contribution in [3.05, 3.63) is 11.5 Å². The summed E-state index contributed by atoms with van der Waals surface area (Å²) in [6.07, 6.45) is 7.10. The fourth-order valence-electron chi connectivity index (χ4n) is 2.87. The number of rotatable bonds is 2. The molecule has 2 aromatic rings. The third kappa shape index (κ3) is 2.03. The summed E-state index contributed by atoms with van der Waals surface area (Å²) in [6.45, 7) is -0.272. The van der Waals surface area contributed by atoms with Gasteiger partial charge < -0.3 is 20.5 Å². The molecule has 1 aliphatic carbocycles. The standard InChI is InChI=1S/C13H14ClN5O2/c1-2-13(5-20)4-7(3-8(13)21)19-6-16-9-10(14)17-12(15)18-11(9)19/h1,6-8,20-21H,3-5H2,(H2,15,17,18)/t7-,8-,13+/m0/s1. The minimum Gasteiger partial charge on any atom is -0.395 e. The number of hydrogen-bond acceptors (Lipinski definition) is 6. The van der Waals surface area contributed by atoms with Gasteiger partial charge in [0.25, 0.3) is 0 Å². The second kappa shape index (κ2) is 4.84. The normalized spacial score (nSPS) is 28.9. The van der Waals surface area contributed by atoms with Crippen LogP contribution in [0.1, 0.15) is 18.9 Å². The van der Waals surface area contributed by atoms with E-state index in [1.807, 2.05) is 0 Å². The Hall–Kier alpha value is -1.88. The van der Waals surface area contributed by atoms with Gasteiger partial charge in [0.15, 0.2) is 10.8 Å². The highest BCUT2D eigenvalue weighted by Crippen LogP contribution is 2.44. The highest BCUT2D eigenvalue weighted by molar-refractivity contribution is 6.33. The average molecular weight is 308 g/mol. The molecule has 1 saturated carbocycles. The molecule has 0 amide bonds. The maximum atomic E-state index is 10.2. The Morgan fingerprint density at radius 2 is 2.33 bits per heavy atom. The van der Waals surface area contributed by atoms with Crippen molar-refractivity contribution in [3.63, 3.8) is 0 Å². The number of terminal acetylenes is 1. The van der Waals surface area contributed by atoms with Crippen molar-refractivity contribution in [1.82, 2.24) is 19.5 Å². The number of aliphatic hydroxyl groups excluding tert-OH is 2. The lowest BCUT2D eigenvalue weighted by Crippen LogP contribution is -2.31. The first-order chi connectivity index (χ1) is 10.0. The molecule has 0 unspecified atom stereocenters. The van der Waals surface area contributed by atoms with Crippen molar-refractivity contribution < 1.29 is 10.2 Å². The summed E-state index contributed by atoms with van der Waals surface area (Å²) in [5.41, 5.74) is 5.62. The van der Waals surface area contributed by atoms with Crippen LogP contribution in [-0.4, -0.2) is 42.4 Å². The minimum atomic E-state index is -0.941. The van der Waals surface area contributed by atoms with Crippen molar-refractivity contribution in [2.24, 2.45) is 5.41 Å². The molecule has 0 bridgehead atoms. The van der Waals surface area contributed by atoms with E-state index in [1.54, 1.807) is 10.9 Å². The lowest BCUT2D eigenvalue weighted by molar-refractivity contribution is 0.0475. The van der Waals surface area contributed by atoms with Gasteiger partial charge in [-0.25, -0.2) is 4.98 Å². The van der Waals surface area contributed by atoms with E-state index in [0.717, 1.165) is 0 Å². The molecule has 21 heavy (non-hydrogen) atoms. The summed E-state index contributed by atoms with van der Waals surface area (Å²) in [5.74, 6) is 2.58. The number of aliphatic hydroxyl groups is 2. The Labute approximate surface area is 125 Å². The summed E-state index contributed by atoms with van der Waals surface area (Å²) in [6, 6.07) is -0.140. The third-order valence-electron chi connectivity index (χ3n) is 4.09. The summed E-state index contributed by atoms with van der Waals surface area (Å²) >= 11 is 5.99. The number of nitrogen functional groups attached to an aromatic ring is 1. The molecule has 8 heteroatoms. The van der Waals surface area contributed by atoms with Gasteiger partial charge in [0.1, 0.15) is 5.52 Å². The van der Waals surface area contributed by atoms with Crippen LogP contribution in [0, 0.1) is 17.8 Å². The van der Waals surface area contributed by atoms with Crippen LogP contribution >= 0.6 is 11.6 Å². The molecule has 2 heterocycles. The lowest BCUT2D eigenvalue weighted by Gasteiger charge is -2.23. The molecule has 0 aliphatic heterocycles. The molecule has 1 fully saturated rings. The fourth-order valence-corrected chi connectivity index (χ4v) is 3.09. The first-order valence-corrected chi connectivity index (χ1v) is 6.81. The quantitative estimate of drug-likeness (QED) is 0.546. The average Bonchev–Trinajstić information content (AvgIpc) is 3.00. The van der Waals surface area contributed by atoms with Gasteiger partial charge in [-0.2, -0.15) is 9.97 Å². The fraction of sp³-hybridized carbons (Fsp3) is 0.462. The van der Waals surface area contributed by atoms with Crippen LogP contribution in [0.4, 0.5) is 5.95 Å². The van der Waals surface area contributed by atoms with E-state index in [4.69, 9.17) is 23.8 Å². The number of imidazole rings is 1. The lowest BCUT2D eigenvalue weighted by atomic mass is 9.86. The third-order valence-corrected chi connectivity index (χ3v) is 4.36. The van der Waals surface area contributed by atoms with Gasteiger partial charge in [0, 0.05) is 6.04 Å². The molecule has 0 saturated heterocycles. The van der Waals surface area contributed by atoms with Crippen molar-refractivity contribution in [2.45, 2.75) is 25.0 Å². The van der Waals surface area contributed by atoms with Gasteiger partial charge in [-0.1, -0.05) is 17.5 Å². The molecule has 0 spiro atoms. The van der Waals surface area contributed by atoms with Crippen molar-refractivity contribution in [1.29, 1.82) is 0 Å². The molecule has 110 valence electrons. The maximum absolute atomic E-state index is 10.2. The highest BCUT2D eigenvalue weighted by atomic mass is 35.5. The number of aromatic nitrogens is 4. The number of anilines is 1. The topological polar surface area (TPSA) is 110 Å². The maximum Gasteiger partial charge on any atom is 0.223 e. The molecular formula is C13H14ClN5O2. The Morgan fingerprint density at radius 1 is 1.57 bits per heavy atom. The first kappa shape index (κ1) is 14.1. The van der Waals surface area contributed by atoms with Gasteiger partial charge in [0.2, 0.25) is 5.95 Å². The van der Waals surface area contributed by atoms with Crippen LogP contribution in [0.15, 0.2) is 6.33 Å². The first-order valence-electron chi connectivity index (χ1n) is 6.43. The molecular weight excluding hydrogens is 294 g/mol. The molecule has 0 aromatic carbocycles. The second-order valence-electron chi connectivity index (χ2n) is 5.26. The van der Waals surface area contributed by atoms with E-state index in [9.17, 15) is 10.2 Å². The number of nitrogens with zero attached hydrogens (tertiary/aromatic N) is 4. The van der Waals surface area contributed by atoms with E-state index in [2.05, 4.69) is 20.9 Å². The van der Waals surface area contributed by atoms with E-state index in [1.165, 1.54) is 0 Å². The largest absolute Gasteiger partial charge is 0.395 e. The minimum absolute atomic E-state index is 0.0539. The van der Waals surface area contributed by atoms with Crippen LogP contribution in [0.2, 0.25) is 5.15 Å². The predicted molar refractivity (Wildman–Crippen MR) is 77.4 cm³/mol. The number of hydrogen-bond donors (Lipinski definition) is 3. The number of nitrogens with two attached hydrogens (primary N) is 1. The number of halogens is 1. The van der Waals surface area contributed by atoms with E-state index in [0.29, 0.717) is 24.0 Å². The van der Waals surface area contributed by atoms with Crippen molar-refractivity contribution >= 4 is 28.7 Å².